The minimum Gasteiger partial charge on any atom is -0.490 e. The molecule has 51 heavy (non-hydrogen) atoms. The van der Waals surface area contributed by atoms with Gasteiger partial charge in [-0.3, -0.25) is 29.4 Å². The number of hydrogen-bond donors (Lipinski definition) is 2. The number of piperidine rings is 1. The quantitative estimate of drug-likeness (QED) is 0.200. The third-order valence-electron chi connectivity index (χ3n) is 9.45. The van der Waals surface area contributed by atoms with E-state index in [2.05, 4.69) is 50.0 Å². The lowest BCUT2D eigenvalue weighted by atomic mass is 9.88. The van der Waals surface area contributed by atoms with Crippen LogP contribution in [0, 0.1) is 0 Å². The predicted octanol–water partition coefficient (Wildman–Crippen LogP) is 4.42. The summed E-state index contributed by atoms with van der Waals surface area (Å²) in [5.41, 5.74) is 3.52. The van der Waals surface area contributed by atoms with Crippen molar-refractivity contribution >= 4 is 29.3 Å². The Kier molecular flexibility index (Phi) is 8.18. The summed E-state index contributed by atoms with van der Waals surface area (Å²) >= 11 is 0. The largest absolute Gasteiger partial charge is 0.490 e. The number of nitrogens with zero attached hydrogens (tertiary/aromatic N) is 6. The molecule has 3 aromatic carbocycles. The van der Waals surface area contributed by atoms with Gasteiger partial charge in [0.05, 0.1) is 35.9 Å². The molecule has 2 aromatic heterocycles. The fraction of sp³-hybridized carbons (Fsp3) is 0.243. The molecule has 0 radical (unpaired) electrons. The Morgan fingerprint density at radius 1 is 0.843 bits per heavy atom. The van der Waals surface area contributed by atoms with E-state index in [-0.39, 0.29) is 42.0 Å². The lowest BCUT2D eigenvalue weighted by Crippen LogP contribution is -2.54. The minimum atomic E-state index is -0.987. The highest BCUT2D eigenvalue weighted by Crippen LogP contribution is 2.34. The number of benzene rings is 3. The number of imide groups is 2. The van der Waals surface area contributed by atoms with Gasteiger partial charge in [-0.15, -0.1) is 5.10 Å². The standard InChI is InChI=1S/C37H32N8O6/c1-21(23-4-9-27(10-5-23)51-29-19-38-37(39-20-29)44-15-14-40-43-44)22-2-7-26(8-3-22)50-28-16-25(17-28)41-24-6-11-30-31(18-24)36(49)45(35(30)48)32-12-13-33(46)42-34(32)47/h2-11,14-15,18-21,25,28,32,41H,12-13,16-17H2,1H3,(H,42,46,47). The molecule has 14 heteroatoms. The first-order chi connectivity index (χ1) is 24.8. The van der Waals surface area contributed by atoms with E-state index in [1.54, 1.807) is 43.0 Å². The molecule has 3 aliphatic rings. The average Bonchev–Trinajstić information content (AvgIpc) is 3.75. The lowest BCUT2D eigenvalue weighted by Gasteiger charge is -2.36. The number of hydrogen-bond acceptors (Lipinski definition) is 11. The molecule has 4 heterocycles. The summed E-state index contributed by atoms with van der Waals surface area (Å²) in [4.78, 5) is 59.5. The van der Waals surface area contributed by atoms with Gasteiger partial charge in [-0.1, -0.05) is 36.4 Å². The second-order valence-corrected chi connectivity index (χ2v) is 12.8. The lowest BCUT2D eigenvalue weighted by molar-refractivity contribution is -0.136. The van der Waals surface area contributed by atoms with E-state index in [0.717, 1.165) is 34.6 Å². The zero-order valence-electron chi connectivity index (χ0n) is 27.4. The van der Waals surface area contributed by atoms with Crippen molar-refractivity contribution in [1.82, 2.24) is 35.2 Å². The Balaban J connectivity index is 0.815. The molecule has 2 atom stereocenters. The molecule has 2 unspecified atom stereocenters. The number of fused-ring (bicyclic) bond motifs is 1. The second kappa shape index (κ2) is 13.1. The Hall–Kier alpha value is -6.44. The molecular formula is C37H32N8O6. The maximum atomic E-state index is 13.1. The molecule has 256 valence electrons. The molecule has 5 aromatic rings. The van der Waals surface area contributed by atoms with E-state index in [9.17, 15) is 19.2 Å². The molecule has 2 fully saturated rings. The van der Waals surface area contributed by atoms with Crippen LogP contribution in [-0.4, -0.2) is 71.7 Å². The van der Waals surface area contributed by atoms with Crippen LogP contribution in [0.5, 0.6) is 17.2 Å². The van der Waals surface area contributed by atoms with E-state index < -0.39 is 29.7 Å². The van der Waals surface area contributed by atoms with Crippen molar-refractivity contribution in [1.29, 1.82) is 0 Å². The van der Waals surface area contributed by atoms with Crippen LogP contribution in [0.1, 0.15) is 70.4 Å². The Morgan fingerprint density at radius 3 is 2.20 bits per heavy atom. The molecule has 0 spiro atoms. The summed E-state index contributed by atoms with van der Waals surface area (Å²) in [6.07, 6.45) is 8.20. The highest BCUT2D eigenvalue weighted by molar-refractivity contribution is 6.23. The maximum absolute atomic E-state index is 13.1. The second-order valence-electron chi connectivity index (χ2n) is 12.8. The predicted molar refractivity (Wildman–Crippen MR) is 182 cm³/mol. The van der Waals surface area contributed by atoms with Gasteiger partial charge in [-0.25, -0.2) is 9.97 Å². The molecule has 1 aliphatic carbocycles. The van der Waals surface area contributed by atoms with Crippen molar-refractivity contribution < 1.29 is 28.7 Å². The van der Waals surface area contributed by atoms with Gasteiger partial charge in [0.25, 0.3) is 17.8 Å². The first-order valence-electron chi connectivity index (χ1n) is 16.6. The highest BCUT2D eigenvalue weighted by atomic mass is 16.5. The van der Waals surface area contributed by atoms with E-state index in [1.165, 1.54) is 4.68 Å². The molecule has 1 saturated heterocycles. The summed E-state index contributed by atoms with van der Waals surface area (Å²) in [5, 5.41) is 13.3. The van der Waals surface area contributed by atoms with Gasteiger partial charge in [-0.2, -0.15) is 4.68 Å². The molecule has 8 rings (SSSR count). The molecule has 0 bridgehead atoms. The van der Waals surface area contributed by atoms with Gasteiger partial charge in [0.2, 0.25) is 11.8 Å². The maximum Gasteiger partial charge on any atom is 0.262 e. The number of amides is 4. The topological polar surface area (TPSA) is 171 Å². The van der Waals surface area contributed by atoms with Gasteiger partial charge >= 0.3 is 0 Å². The Bertz CT molecular complexity index is 2110. The van der Waals surface area contributed by atoms with Crippen molar-refractivity contribution in [3.63, 3.8) is 0 Å². The van der Waals surface area contributed by atoms with Gasteiger partial charge in [0, 0.05) is 36.9 Å². The number of carbonyl (C=O) groups is 4. The Morgan fingerprint density at radius 2 is 1.53 bits per heavy atom. The number of carbonyl (C=O) groups excluding carboxylic acids is 4. The van der Waals surface area contributed by atoms with Crippen LogP contribution >= 0.6 is 0 Å². The van der Waals surface area contributed by atoms with Gasteiger partial charge in [0.1, 0.15) is 23.6 Å². The van der Waals surface area contributed by atoms with Crippen molar-refractivity contribution in [3.05, 3.63) is 114 Å². The zero-order valence-corrected chi connectivity index (χ0v) is 27.4. The van der Waals surface area contributed by atoms with E-state index in [4.69, 9.17) is 9.47 Å². The first kappa shape index (κ1) is 31.8. The van der Waals surface area contributed by atoms with Gasteiger partial charge in [-0.05, 0) is 60.0 Å². The summed E-state index contributed by atoms with van der Waals surface area (Å²) < 4.78 is 13.6. The van der Waals surface area contributed by atoms with Gasteiger partial charge in [0.15, 0.2) is 5.75 Å². The van der Waals surface area contributed by atoms with Crippen LogP contribution in [0.4, 0.5) is 5.69 Å². The third kappa shape index (κ3) is 6.38. The molecule has 2 N–H and O–H groups in total. The van der Waals surface area contributed by atoms with E-state index in [1.807, 2.05) is 36.4 Å². The first-order valence-corrected chi connectivity index (χ1v) is 16.6. The van der Waals surface area contributed by atoms with Crippen LogP contribution in [0.2, 0.25) is 0 Å². The smallest absolute Gasteiger partial charge is 0.262 e. The Labute approximate surface area is 291 Å². The van der Waals surface area contributed by atoms with Crippen LogP contribution in [0.25, 0.3) is 5.95 Å². The molecular weight excluding hydrogens is 652 g/mol. The van der Waals surface area contributed by atoms with Crippen molar-refractivity contribution in [2.45, 2.75) is 56.7 Å². The molecule has 14 nitrogen and oxygen atoms in total. The number of anilines is 1. The van der Waals surface area contributed by atoms with Crippen LogP contribution < -0.4 is 20.1 Å². The van der Waals surface area contributed by atoms with Crippen molar-refractivity contribution in [3.8, 4) is 23.2 Å². The average molecular weight is 685 g/mol. The normalized spacial score (nSPS) is 20.3. The SMILES string of the molecule is CC(c1ccc(Oc2cnc(-n3ccnn3)nc2)cc1)c1ccc(OC2CC(Nc3ccc4c(c3)C(=O)N(C3CCC(=O)NC3=O)C4=O)C2)cc1. The molecule has 4 amide bonds. The number of ether oxygens (including phenoxy) is 2. The van der Waals surface area contributed by atoms with Crippen molar-refractivity contribution in [2.75, 3.05) is 5.32 Å². The summed E-state index contributed by atoms with van der Waals surface area (Å²) in [6.45, 7) is 2.15. The summed E-state index contributed by atoms with van der Waals surface area (Å²) in [6, 6.07) is 20.3. The molecule has 1 saturated carbocycles. The minimum absolute atomic E-state index is 0.0446. The fourth-order valence-corrected chi connectivity index (χ4v) is 6.55. The van der Waals surface area contributed by atoms with E-state index >= 15 is 0 Å². The molecule has 2 aliphatic heterocycles. The van der Waals surface area contributed by atoms with Crippen LogP contribution in [-0.2, 0) is 9.59 Å². The zero-order chi connectivity index (χ0) is 35.1. The number of aromatic nitrogens is 5. The summed E-state index contributed by atoms with van der Waals surface area (Å²) in [7, 11) is 0. The summed E-state index contributed by atoms with van der Waals surface area (Å²) in [5.74, 6) is 0.481. The number of nitrogens with one attached hydrogen (secondary N) is 2. The van der Waals surface area contributed by atoms with Gasteiger partial charge < -0.3 is 14.8 Å². The fourth-order valence-electron chi connectivity index (χ4n) is 6.55. The van der Waals surface area contributed by atoms with E-state index in [0.29, 0.717) is 23.1 Å². The third-order valence-corrected chi connectivity index (χ3v) is 9.45. The monoisotopic (exact) mass is 684 g/mol. The highest BCUT2D eigenvalue weighted by Gasteiger charge is 2.44. The van der Waals surface area contributed by atoms with Crippen LogP contribution in [0.3, 0.4) is 0 Å². The van der Waals surface area contributed by atoms with Crippen molar-refractivity contribution in [2.24, 2.45) is 0 Å². The number of rotatable bonds is 10. The van der Waals surface area contributed by atoms with Crippen LogP contribution in [0.15, 0.2) is 91.5 Å².